The number of aromatic amines is 1. The lowest BCUT2D eigenvalue weighted by Crippen LogP contribution is -2.17. The van der Waals surface area contributed by atoms with Crippen LogP contribution < -0.4 is 15.0 Å². The van der Waals surface area contributed by atoms with E-state index in [9.17, 15) is 17.6 Å². The van der Waals surface area contributed by atoms with Gasteiger partial charge < -0.3 is 9.72 Å². The van der Waals surface area contributed by atoms with Crippen molar-refractivity contribution in [3.63, 3.8) is 0 Å². The van der Waals surface area contributed by atoms with Crippen molar-refractivity contribution in [3.8, 4) is 16.9 Å². The van der Waals surface area contributed by atoms with Gasteiger partial charge in [0.15, 0.2) is 0 Å². The molecule has 1 aliphatic carbocycles. The van der Waals surface area contributed by atoms with Crippen molar-refractivity contribution in [1.29, 1.82) is 0 Å². The lowest BCUT2D eigenvalue weighted by Gasteiger charge is -2.24. The molecule has 0 atom stereocenters. The largest absolute Gasteiger partial charge is 0.496 e. The third-order valence-corrected chi connectivity index (χ3v) is 7.77. The number of sulfonamides is 1. The van der Waals surface area contributed by atoms with Gasteiger partial charge in [0.05, 0.1) is 12.4 Å². The number of methoxy groups -OCH3 is 1. The van der Waals surface area contributed by atoms with Crippen molar-refractivity contribution in [2.75, 3.05) is 11.8 Å². The fourth-order valence-corrected chi connectivity index (χ4v) is 5.25. The maximum atomic E-state index is 13.9. The quantitative estimate of drug-likeness (QED) is 0.419. The first-order valence-corrected chi connectivity index (χ1v) is 12.9. The molecule has 0 radical (unpaired) electrons. The van der Waals surface area contributed by atoms with Crippen LogP contribution in [0.15, 0.2) is 53.5 Å². The predicted molar refractivity (Wildman–Crippen MR) is 139 cm³/mol. The number of ether oxygens (including phenoxy) is 1. The van der Waals surface area contributed by atoms with E-state index in [1.54, 1.807) is 25.3 Å². The number of hydrogen-bond donors (Lipinski definition) is 2. The van der Waals surface area contributed by atoms with Crippen LogP contribution in [-0.4, -0.2) is 25.8 Å². The highest BCUT2D eigenvalue weighted by Gasteiger charge is 2.35. The second kappa shape index (κ2) is 9.34. The molecule has 2 N–H and O–H groups in total. The smallest absolute Gasteiger partial charge is 0.256 e. The lowest BCUT2D eigenvalue weighted by atomic mass is 9.83. The van der Waals surface area contributed by atoms with Gasteiger partial charge >= 0.3 is 0 Å². The molecule has 0 aliphatic heterocycles. The number of pyridine rings is 1. The molecule has 0 saturated heterocycles. The summed E-state index contributed by atoms with van der Waals surface area (Å²) in [5.74, 6) is 0.140. The van der Waals surface area contributed by atoms with Crippen molar-refractivity contribution in [3.05, 3.63) is 81.5 Å². The molecule has 4 rings (SSSR count). The molecule has 1 fully saturated rings. The van der Waals surface area contributed by atoms with E-state index in [4.69, 9.17) is 4.74 Å². The maximum absolute atomic E-state index is 13.9. The summed E-state index contributed by atoms with van der Waals surface area (Å²) in [6, 6.07) is 12.0. The highest BCUT2D eigenvalue weighted by Crippen LogP contribution is 2.38. The van der Waals surface area contributed by atoms with Gasteiger partial charge in [-0.05, 0) is 59.7 Å². The van der Waals surface area contributed by atoms with E-state index in [1.165, 1.54) is 6.07 Å². The summed E-state index contributed by atoms with van der Waals surface area (Å²) in [4.78, 5) is 14.9. The van der Waals surface area contributed by atoms with Crippen LogP contribution >= 0.6 is 0 Å². The number of halogens is 1. The highest BCUT2D eigenvalue weighted by atomic mass is 32.2. The SMILES string of the molecule is COc1c(/C=C/c2ccc(NS(=O)(=O)C3CC3)cc2)cc(-c2cc(F)c[nH]c2=O)cc1C(C)(C)C. The molecule has 8 heteroatoms. The first kappa shape index (κ1) is 24.7. The third-order valence-electron chi connectivity index (χ3n) is 5.90. The summed E-state index contributed by atoms with van der Waals surface area (Å²) in [6.07, 6.45) is 6.19. The number of rotatable bonds is 7. The van der Waals surface area contributed by atoms with Crippen LogP contribution in [0.3, 0.4) is 0 Å². The van der Waals surface area contributed by atoms with E-state index in [2.05, 4.69) is 9.71 Å². The molecule has 184 valence electrons. The maximum Gasteiger partial charge on any atom is 0.256 e. The summed E-state index contributed by atoms with van der Waals surface area (Å²) < 4.78 is 46.6. The average Bonchev–Trinajstić information content (AvgIpc) is 3.65. The summed E-state index contributed by atoms with van der Waals surface area (Å²) >= 11 is 0. The first-order chi connectivity index (χ1) is 16.5. The monoisotopic (exact) mass is 496 g/mol. The van der Waals surface area contributed by atoms with E-state index in [-0.39, 0.29) is 21.8 Å². The van der Waals surface area contributed by atoms with E-state index >= 15 is 0 Å². The highest BCUT2D eigenvalue weighted by molar-refractivity contribution is 7.93. The van der Waals surface area contributed by atoms with Crippen LogP contribution in [0.4, 0.5) is 10.1 Å². The molecule has 1 saturated carbocycles. The molecule has 0 unspecified atom stereocenters. The predicted octanol–water partition coefficient (Wildman–Crippen LogP) is 5.56. The molecule has 0 spiro atoms. The second-order valence-electron chi connectivity index (χ2n) is 9.76. The van der Waals surface area contributed by atoms with Gasteiger partial charge in [-0.25, -0.2) is 12.8 Å². The van der Waals surface area contributed by atoms with E-state index in [0.29, 0.717) is 29.8 Å². The van der Waals surface area contributed by atoms with E-state index in [0.717, 1.165) is 22.9 Å². The zero-order valence-corrected chi connectivity index (χ0v) is 21.0. The van der Waals surface area contributed by atoms with Crippen LogP contribution in [0.2, 0.25) is 0 Å². The fourth-order valence-electron chi connectivity index (χ4n) is 3.86. The molecule has 1 heterocycles. The topological polar surface area (TPSA) is 88.3 Å². The Morgan fingerprint density at radius 1 is 1.09 bits per heavy atom. The van der Waals surface area contributed by atoms with Gasteiger partial charge in [-0.3, -0.25) is 9.52 Å². The minimum absolute atomic E-state index is 0.236. The Morgan fingerprint density at radius 3 is 2.37 bits per heavy atom. The molecule has 3 aromatic rings. The Bertz CT molecular complexity index is 1430. The number of hydrogen-bond acceptors (Lipinski definition) is 4. The van der Waals surface area contributed by atoms with Gasteiger partial charge in [0, 0.05) is 28.6 Å². The molecule has 35 heavy (non-hydrogen) atoms. The molecular formula is C27H29FN2O4S. The van der Waals surface area contributed by atoms with E-state index < -0.39 is 15.8 Å². The van der Waals surface area contributed by atoms with Gasteiger partial charge in [0.25, 0.3) is 5.56 Å². The van der Waals surface area contributed by atoms with Crippen LogP contribution in [0.5, 0.6) is 5.75 Å². The van der Waals surface area contributed by atoms with Crippen LogP contribution in [0, 0.1) is 5.82 Å². The van der Waals surface area contributed by atoms with Crippen LogP contribution in [-0.2, 0) is 15.4 Å². The van der Waals surface area contributed by atoms with Gasteiger partial charge in [-0.1, -0.05) is 45.1 Å². The second-order valence-corrected chi connectivity index (χ2v) is 11.7. The molecule has 2 aromatic carbocycles. The fraction of sp³-hybridized carbons (Fsp3) is 0.296. The van der Waals surface area contributed by atoms with Crippen molar-refractivity contribution in [2.24, 2.45) is 0 Å². The van der Waals surface area contributed by atoms with Gasteiger partial charge in [-0.2, -0.15) is 0 Å². The Labute approximate surface area is 204 Å². The molecule has 1 aliphatic rings. The molecular weight excluding hydrogens is 467 g/mol. The zero-order chi connectivity index (χ0) is 25.4. The van der Waals surface area contributed by atoms with Crippen LogP contribution in [0.1, 0.15) is 50.3 Å². The summed E-state index contributed by atoms with van der Waals surface area (Å²) in [7, 11) is -1.72. The molecule has 0 amide bonds. The molecule has 1 aromatic heterocycles. The van der Waals surface area contributed by atoms with Crippen LogP contribution in [0.25, 0.3) is 23.3 Å². The lowest BCUT2D eigenvalue weighted by molar-refractivity contribution is 0.397. The number of H-pyrrole nitrogens is 1. The van der Waals surface area contributed by atoms with Crippen molar-refractivity contribution < 1.29 is 17.5 Å². The summed E-state index contributed by atoms with van der Waals surface area (Å²) in [6.45, 7) is 6.12. The van der Waals surface area contributed by atoms with Crippen molar-refractivity contribution >= 4 is 27.9 Å². The number of anilines is 1. The standard InChI is InChI=1S/C27H29FN2O4S/c1-27(2,3)24-14-19(23-15-20(28)16-29-26(23)31)13-18(25(24)34-4)8-5-17-6-9-21(10-7-17)30-35(32,33)22-11-12-22/h5-10,13-16,22,30H,11-12H2,1-4H3,(H,29,31)/b8-5+. The van der Waals surface area contributed by atoms with Crippen molar-refractivity contribution in [2.45, 2.75) is 44.3 Å². The van der Waals surface area contributed by atoms with E-state index in [1.807, 2.05) is 51.1 Å². The molecule has 0 bridgehead atoms. The van der Waals surface area contributed by atoms with Gasteiger partial charge in [-0.15, -0.1) is 0 Å². The Hall–Kier alpha value is -3.39. The number of aromatic nitrogens is 1. The Balaban J connectivity index is 1.71. The van der Waals surface area contributed by atoms with Gasteiger partial charge in [0.1, 0.15) is 11.6 Å². The molecule has 6 nitrogen and oxygen atoms in total. The number of benzene rings is 2. The summed E-state index contributed by atoms with van der Waals surface area (Å²) in [5.41, 5.74) is 3.13. The van der Waals surface area contributed by atoms with Gasteiger partial charge in [0.2, 0.25) is 10.0 Å². The minimum Gasteiger partial charge on any atom is -0.496 e. The number of nitrogens with one attached hydrogen (secondary N) is 2. The summed E-state index contributed by atoms with van der Waals surface area (Å²) in [5, 5.41) is -0.288. The Kier molecular flexibility index (Phi) is 6.60. The Morgan fingerprint density at radius 2 is 1.77 bits per heavy atom. The average molecular weight is 497 g/mol. The third kappa shape index (κ3) is 5.65. The first-order valence-electron chi connectivity index (χ1n) is 11.4. The normalized spacial score (nSPS) is 14.3. The minimum atomic E-state index is -3.31. The zero-order valence-electron chi connectivity index (χ0n) is 20.2. The van der Waals surface area contributed by atoms with Crippen molar-refractivity contribution in [1.82, 2.24) is 4.98 Å².